The van der Waals surface area contributed by atoms with Gasteiger partial charge in [0.2, 0.25) is 0 Å². The molecule has 0 fully saturated rings. The first-order valence-corrected chi connectivity index (χ1v) is 9.11. The van der Waals surface area contributed by atoms with Gasteiger partial charge in [-0.05, 0) is 30.7 Å². The molecule has 0 spiro atoms. The molecule has 0 atom stereocenters. The van der Waals surface area contributed by atoms with Gasteiger partial charge in [0, 0.05) is 42.5 Å². The van der Waals surface area contributed by atoms with Gasteiger partial charge in [-0.1, -0.05) is 6.92 Å². The normalized spacial score (nSPS) is 11.1. The number of amides is 1. The molecule has 0 saturated carbocycles. The van der Waals surface area contributed by atoms with Crippen LogP contribution in [-0.2, 0) is 17.8 Å². The van der Waals surface area contributed by atoms with Crippen LogP contribution >= 0.6 is 0 Å². The lowest BCUT2D eigenvalue weighted by Crippen LogP contribution is -2.24. The number of methoxy groups -OCH3 is 1. The third-order valence-electron chi connectivity index (χ3n) is 3.96. The summed E-state index contributed by atoms with van der Waals surface area (Å²) in [6, 6.07) is 4.59. The van der Waals surface area contributed by atoms with Crippen molar-refractivity contribution in [2.45, 2.75) is 39.4 Å². The molecule has 0 aliphatic rings. The lowest BCUT2D eigenvalue weighted by molar-refractivity contribution is -0.154. The van der Waals surface area contributed by atoms with E-state index in [4.69, 9.17) is 4.74 Å². The van der Waals surface area contributed by atoms with Crippen molar-refractivity contribution in [3.8, 4) is 11.6 Å². The number of nitrogens with one attached hydrogen (secondary N) is 1. The number of aromatic nitrogens is 2. The number of nitrogens with zero attached hydrogens (tertiary/aromatic N) is 2. The minimum absolute atomic E-state index is 0.0189. The molecule has 0 saturated heterocycles. The largest absolute Gasteiger partial charge is 0.491 e. The standard InChI is InChI=1S/C20H22F3N3O4/c1-4-16(27)8-15-7-14(5-12(2)26-15)18(28)24-9-13-6-17(29-3)19(25-10-13)30-11-20(21,22)23/h5-7,10H,4,8-9,11H2,1-3H3,(H,24,28). The maximum atomic E-state index is 12.5. The topological polar surface area (TPSA) is 90.4 Å². The van der Waals surface area contributed by atoms with E-state index in [1.807, 2.05) is 0 Å². The fourth-order valence-corrected chi connectivity index (χ4v) is 2.54. The Kier molecular flexibility index (Phi) is 7.73. The molecule has 2 aromatic rings. The maximum Gasteiger partial charge on any atom is 0.422 e. The first-order valence-electron chi connectivity index (χ1n) is 9.11. The van der Waals surface area contributed by atoms with Gasteiger partial charge in [0.05, 0.1) is 7.11 Å². The zero-order chi connectivity index (χ0) is 22.3. The van der Waals surface area contributed by atoms with E-state index in [0.29, 0.717) is 28.9 Å². The first kappa shape index (κ1) is 23.1. The zero-order valence-electron chi connectivity index (χ0n) is 16.8. The molecular weight excluding hydrogens is 403 g/mol. The molecule has 7 nitrogen and oxygen atoms in total. The molecule has 0 bridgehead atoms. The predicted octanol–water partition coefficient (Wildman–Crippen LogP) is 3.19. The van der Waals surface area contributed by atoms with Gasteiger partial charge >= 0.3 is 6.18 Å². The van der Waals surface area contributed by atoms with Crippen molar-refractivity contribution in [1.29, 1.82) is 0 Å². The highest BCUT2D eigenvalue weighted by Crippen LogP contribution is 2.27. The summed E-state index contributed by atoms with van der Waals surface area (Å²) >= 11 is 0. The zero-order valence-corrected chi connectivity index (χ0v) is 16.8. The summed E-state index contributed by atoms with van der Waals surface area (Å²) in [5.41, 5.74) is 1.98. The molecule has 0 aliphatic heterocycles. The third-order valence-corrected chi connectivity index (χ3v) is 3.96. The highest BCUT2D eigenvalue weighted by molar-refractivity contribution is 5.94. The van der Waals surface area contributed by atoms with Crippen LogP contribution in [-0.4, -0.2) is 41.6 Å². The van der Waals surface area contributed by atoms with Gasteiger partial charge in [-0.25, -0.2) is 4.98 Å². The Balaban J connectivity index is 2.06. The van der Waals surface area contributed by atoms with E-state index in [9.17, 15) is 22.8 Å². The minimum atomic E-state index is -4.50. The Morgan fingerprint density at radius 3 is 2.57 bits per heavy atom. The number of rotatable bonds is 9. The number of ketones is 1. The summed E-state index contributed by atoms with van der Waals surface area (Å²) in [5.74, 6) is -0.640. The third kappa shape index (κ3) is 7.02. The lowest BCUT2D eigenvalue weighted by Gasteiger charge is -2.13. The van der Waals surface area contributed by atoms with Gasteiger partial charge in [-0.3, -0.25) is 14.6 Å². The monoisotopic (exact) mass is 425 g/mol. The van der Waals surface area contributed by atoms with E-state index in [2.05, 4.69) is 20.0 Å². The van der Waals surface area contributed by atoms with Crippen LogP contribution in [0.2, 0.25) is 0 Å². The summed E-state index contributed by atoms with van der Waals surface area (Å²) in [4.78, 5) is 32.2. The van der Waals surface area contributed by atoms with Crippen LogP contribution in [0.25, 0.3) is 0 Å². The Morgan fingerprint density at radius 1 is 1.20 bits per heavy atom. The van der Waals surface area contributed by atoms with Gasteiger partial charge in [0.25, 0.3) is 11.8 Å². The molecule has 10 heteroatoms. The van der Waals surface area contributed by atoms with E-state index >= 15 is 0 Å². The molecule has 162 valence electrons. The number of ether oxygens (including phenoxy) is 2. The van der Waals surface area contributed by atoms with Gasteiger partial charge in [-0.2, -0.15) is 13.2 Å². The Bertz CT molecular complexity index is 917. The number of hydrogen-bond donors (Lipinski definition) is 1. The molecule has 2 heterocycles. The van der Waals surface area contributed by atoms with E-state index in [-0.39, 0.29) is 36.3 Å². The lowest BCUT2D eigenvalue weighted by atomic mass is 10.1. The molecule has 0 unspecified atom stereocenters. The van der Waals surface area contributed by atoms with Crippen LogP contribution in [0.5, 0.6) is 11.6 Å². The molecule has 0 radical (unpaired) electrons. The predicted molar refractivity (Wildman–Crippen MR) is 101 cm³/mol. The van der Waals surface area contributed by atoms with Crippen molar-refractivity contribution in [1.82, 2.24) is 15.3 Å². The van der Waals surface area contributed by atoms with Crippen molar-refractivity contribution < 1.29 is 32.2 Å². The van der Waals surface area contributed by atoms with Crippen molar-refractivity contribution in [2.75, 3.05) is 13.7 Å². The average Bonchev–Trinajstić information content (AvgIpc) is 2.69. The van der Waals surface area contributed by atoms with Gasteiger partial charge < -0.3 is 14.8 Å². The number of pyridine rings is 2. The van der Waals surface area contributed by atoms with Crippen LogP contribution in [0.3, 0.4) is 0 Å². The maximum absolute atomic E-state index is 12.5. The number of hydrogen-bond acceptors (Lipinski definition) is 6. The quantitative estimate of drug-likeness (QED) is 0.664. The van der Waals surface area contributed by atoms with Crippen molar-refractivity contribution in [3.05, 3.63) is 46.9 Å². The second-order valence-corrected chi connectivity index (χ2v) is 6.50. The SMILES string of the molecule is CCC(=O)Cc1cc(C(=O)NCc2cnc(OCC(F)(F)F)c(OC)c2)cc(C)n1. The van der Waals surface area contributed by atoms with Crippen LogP contribution in [0, 0.1) is 6.92 Å². The van der Waals surface area contributed by atoms with E-state index in [1.165, 1.54) is 19.4 Å². The van der Waals surface area contributed by atoms with Crippen molar-refractivity contribution >= 4 is 11.7 Å². The second kappa shape index (κ2) is 10.0. The van der Waals surface area contributed by atoms with Gasteiger partial charge in [-0.15, -0.1) is 0 Å². The molecule has 0 aliphatic carbocycles. The summed E-state index contributed by atoms with van der Waals surface area (Å²) in [5, 5.41) is 2.70. The number of aryl methyl sites for hydroxylation is 1. The van der Waals surface area contributed by atoms with Crippen molar-refractivity contribution in [2.24, 2.45) is 0 Å². The van der Waals surface area contributed by atoms with Gasteiger partial charge in [0.1, 0.15) is 5.78 Å². The molecule has 2 aromatic heterocycles. The number of carbonyl (C=O) groups is 2. The van der Waals surface area contributed by atoms with E-state index in [0.717, 1.165) is 0 Å². The summed E-state index contributed by atoms with van der Waals surface area (Å²) in [6.45, 7) is 2.06. The molecule has 30 heavy (non-hydrogen) atoms. The first-order chi connectivity index (χ1) is 14.1. The fourth-order valence-electron chi connectivity index (χ4n) is 2.54. The number of carbonyl (C=O) groups excluding carboxylic acids is 2. The summed E-state index contributed by atoms with van der Waals surface area (Å²) in [6.07, 6.45) is -2.67. The highest BCUT2D eigenvalue weighted by atomic mass is 19.4. The Morgan fingerprint density at radius 2 is 1.93 bits per heavy atom. The summed E-state index contributed by atoms with van der Waals surface area (Å²) < 4.78 is 46.6. The Labute approximate surface area is 171 Å². The molecular formula is C20H22F3N3O4. The van der Waals surface area contributed by atoms with Gasteiger partial charge in [0.15, 0.2) is 12.4 Å². The van der Waals surface area contributed by atoms with Crippen LogP contribution < -0.4 is 14.8 Å². The smallest absolute Gasteiger partial charge is 0.422 e. The molecule has 1 amide bonds. The Hall–Kier alpha value is -3.17. The second-order valence-electron chi connectivity index (χ2n) is 6.50. The number of alkyl halides is 3. The van der Waals surface area contributed by atoms with Crippen LogP contribution in [0.4, 0.5) is 13.2 Å². The van der Waals surface area contributed by atoms with Crippen LogP contribution in [0.15, 0.2) is 24.4 Å². The molecule has 1 N–H and O–H groups in total. The minimum Gasteiger partial charge on any atom is -0.491 e. The molecule has 2 rings (SSSR count). The van der Waals surface area contributed by atoms with E-state index in [1.54, 1.807) is 26.0 Å². The molecule has 0 aromatic carbocycles. The van der Waals surface area contributed by atoms with Crippen LogP contribution in [0.1, 0.15) is 40.7 Å². The fraction of sp³-hybridized carbons (Fsp3) is 0.400. The number of Topliss-reactive ketones (excluding diaryl/α,β-unsaturated/α-hetero) is 1. The average molecular weight is 425 g/mol. The highest BCUT2D eigenvalue weighted by Gasteiger charge is 2.29. The summed E-state index contributed by atoms with van der Waals surface area (Å²) in [7, 11) is 1.28. The van der Waals surface area contributed by atoms with Crippen molar-refractivity contribution in [3.63, 3.8) is 0 Å². The van der Waals surface area contributed by atoms with E-state index < -0.39 is 12.8 Å². The number of halogens is 3.